The topological polar surface area (TPSA) is 46.5 Å². The Bertz CT molecular complexity index is 542. The number of rotatable bonds is 3. The Kier molecular flexibility index (Phi) is 2.83. The van der Waals surface area contributed by atoms with Crippen molar-refractivity contribution in [2.24, 2.45) is 0 Å². The van der Waals surface area contributed by atoms with Crippen molar-refractivity contribution < 1.29 is 14.6 Å². The fourth-order valence-electron chi connectivity index (χ4n) is 1.78. The molecule has 0 aliphatic carbocycles. The van der Waals surface area contributed by atoms with Crippen molar-refractivity contribution in [3.8, 4) is 5.75 Å². The number of carboxylic acids is 1. The van der Waals surface area contributed by atoms with Gasteiger partial charge in [0.05, 0.1) is 7.11 Å². The van der Waals surface area contributed by atoms with Gasteiger partial charge in [-0.3, -0.25) is 0 Å². The number of hydrogen-bond donors (Lipinski definition) is 1. The maximum Gasteiger partial charge on any atom is 0.346 e. The number of carboxylic acid groups (broad SMARTS) is 1. The van der Waals surface area contributed by atoms with Crippen molar-refractivity contribution >= 4 is 27.4 Å². The van der Waals surface area contributed by atoms with Gasteiger partial charge in [0, 0.05) is 4.70 Å². The van der Waals surface area contributed by atoms with Crippen molar-refractivity contribution in [1.29, 1.82) is 0 Å². The van der Waals surface area contributed by atoms with E-state index in [1.807, 2.05) is 25.1 Å². The van der Waals surface area contributed by atoms with Crippen molar-refractivity contribution in [2.75, 3.05) is 7.11 Å². The van der Waals surface area contributed by atoms with Crippen LogP contribution in [0.4, 0.5) is 0 Å². The Balaban J connectivity index is 2.71. The number of thiophene rings is 1. The third-order valence-electron chi connectivity index (χ3n) is 2.55. The van der Waals surface area contributed by atoms with E-state index in [9.17, 15) is 4.79 Å². The smallest absolute Gasteiger partial charge is 0.346 e. The molecule has 1 aromatic carbocycles. The average Bonchev–Trinajstić information content (AvgIpc) is 2.66. The fourth-order valence-corrected chi connectivity index (χ4v) is 2.94. The molecule has 0 saturated carbocycles. The van der Waals surface area contributed by atoms with E-state index in [-0.39, 0.29) is 0 Å². The average molecular weight is 236 g/mol. The van der Waals surface area contributed by atoms with Crippen LogP contribution in [-0.2, 0) is 6.42 Å². The quantitative estimate of drug-likeness (QED) is 0.890. The monoisotopic (exact) mass is 236 g/mol. The number of benzene rings is 1. The molecule has 0 fully saturated rings. The van der Waals surface area contributed by atoms with Crippen molar-refractivity contribution in [1.82, 2.24) is 0 Å². The van der Waals surface area contributed by atoms with Crippen LogP contribution in [0.5, 0.6) is 5.75 Å². The second-order valence-electron chi connectivity index (χ2n) is 3.43. The highest BCUT2D eigenvalue weighted by Gasteiger charge is 2.16. The summed E-state index contributed by atoms with van der Waals surface area (Å²) >= 11 is 1.31. The SMILES string of the molecule is CCc1c(C(=O)O)sc2cc(OC)ccc12. The Morgan fingerprint density at radius 3 is 2.81 bits per heavy atom. The van der Waals surface area contributed by atoms with Crippen LogP contribution in [0.25, 0.3) is 10.1 Å². The lowest BCUT2D eigenvalue weighted by Gasteiger charge is -1.99. The molecule has 0 unspecified atom stereocenters. The van der Waals surface area contributed by atoms with Gasteiger partial charge in [0.15, 0.2) is 0 Å². The molecule has 0 atom stereocenters. The van der Waals surface area contributed by atoms with Gasteiger partial charge in [0.1, 0.15) is 10.6 Å². The van der Waals surface area contributed by atoms with Crippen LogP contribution >= 0.6 is 11.3 Å². The predicted octanol–water partition coefficient (Wildman–Crippen LogP) is 3.17. The van der Waals surface area contributed by atoms with Gasteiger partial charge in [0.2, 0.25) is 0 Å². The largest absolute Gasteiger partial charge is 0.497 e. The first-order chi connectivity index (χ1) is 7.67. The number of hydrogen-bond acceptors (Lipinski definition) is 3. The number of aromatic carboxylic acids is 1. The highest BCUT2D eigenvalue weighted by atomic mass is 32.1. The van der Waals surface area contributed by atoms with Gasteiger partial charge >= 0.3 is 5.97 Å². The molecular weight excluding hydrogens is 224 g/mol. The van der Waals surface area contributed by atoms with Crippen LogP contribution in [0.2, 0.25) is 0 Å². The molecule has 2 aromatic rings. The first kappa shape index (κ1) is 11.0. The predicted molar refractivity (Wildman–Crippen MR) is 64.7 cm³/mol. The summed E-state index contributed by atoms with van der Waals surface area (Å²) in [7, 11) is 1.60. The molecular formula is C12H12O3S. The normalized spacial score (nSPS) is 10.6. The molecule has 84 valence electrons. The van der Waals surface area contributed by atoms with E-state index in [2.05, 4.69) is 0 Å². The standard InChI is InChI=1S/C12H12O3S/c1-3-8-9-5-4-7(15-2)6-10(9)16-11(8)12(13)14/h4-6H,3H2,1-2H3,(H,13,14). The Labute approximate surface area is 97.3 Å². The summed E-state index contributed by atoms with van der Waals surface area (Å²) in [6, 6.07) is 5.67. The number of fused-ring (bicyclic) bond motifs is 1. The summed E-state index contributed by atoms with van der Waals surface area (Å²) in [5.41, 5.74) is 0.912. The maximum absolute atomic E-state index is 11.1. The van der Waals surface area contributed by atoms with E-state index in [0.717, 1.165) is 27.8 Å². The van der Waals surface area contributed by atoms with Crippen molar-refractivity contribution in [3.05, 3.63) is 28.6 Å². The minimum Gasteiger partial charge on any atom is -0.497 e. The summed E-state index contributed by atoms with van der Waals surface area (Å²) in [4.78, 5) is 11.5. The van der Waals surface area contributed by atoms with Crippen LogP contribution in [0.15, 0.2) is 18.2 Å². The second kappa shape index (κ2) is 4.14. The second-order valence-corrected chi connectivity index (χ2v) is 4.48. The molecule has 1 N–H and O–H groups in total. The number of aryl methyl sites for hydroxylation is 1. The fraction of sp³-hybridized carbons (Fsp3) is 0.250. The molecule has 0 radical (unpaired) electrons. The van der Waals surface area contributed by atoms with Crippen LogP contribution in [0.3, 0.4) is 0 Å². The summed E-state index contributed by atoms with van der Waals surface area (Å²) in [6.45, 7) is 1.97. The summed E-state index contributed by atoms with van der Waals surface area (Å²) in [6.07, 6.45) is 0.730. The lowest BCUT2D eigenvalue weighted by molar-refractivity contribution is 0.0701. The number of methoxy groups -OCH3 is 1. The molecule has 0 aliphatic heterocycles. The molecule has 1 aromatic heterocycles. The van der Waals surface area contributed by atoms with Gasteiger partial charge in [-0.2, -0.15) is 0 Å². The molecule has 3 nitrogen and oxygen atoms in total. The van der Waals surface area contributed by atoms with Gasteiger partial charge in [-0.15, -0.1) is 11.3 Å². The Hall–Kier alpha value is -1.55. The van der Waals surface area contributed by atoms with E-state index < -0.39 is 5.97 Å². The highest BCUT2D eigenvalue weighted by molar-refractivity contribution is 7.21. The molecule has 2 rings (SSSR count). The lowest BCUT2D eigenvalue weighted by Crippen LogP contribution is -1.96. The third-order valence-corrected chi connectivity index (χ3v) is 3.73. The molecule has 0 saturated heterocycles. The van der Waals surface area contributed by atoms with Crippen molar-refractivity contribution in [3.63, 3.8) is 0 Å². The molecule has 16 heavy (non-hydrogen) atoms. The maximum atomic E-state index is 11.1. The van der Waals surface area contributed by atoms with Crippen LogP contribution in [-0.4, -0.2) is 18.2 Å². The van der Waals surface area contributed by atoms with E-state index in [1.165, 1.54) is 11.3 Å². The van der Waals surface area contributed by atoms with Crippen molar-refractivity contribution in [2.45, 2.75) is 13.3 Å². The van der Waals surface area contributed by atoms with Gasteiger partial charge in [0.25, 0.3) is 0 Å². The van der Waals surface area contributed by atoms with E-state index >= 15 is 0 Å². The first-order valence-corrected chi connectivity index (χ1v) is 5.81. The molecule has 0 amide bonds. The van der Waals surface area contributed by atoms with Crippen LogP contribution in [0, 0.1) is 0 Å². The first-order valence-electron chi connectivity index (χ1n) is 5.00. The molecule has 0 bridgehead atoms. The molecule has 0 aliphatic rings. The third kappa shape index (κ3) is 1.65. The van der Waals surface area contributed by atoms with Gasteiger partial charge < -0.3 is 9.84 Å². The summed E-state index contributed by atoms with van der Waals surface area (Å²) in [5.74, 6) is -0.0923. The van der Waals surface area contributed by atoms with E-state index in [1.54, 1.807) is 7.11 Å². The van der Waals surface area contributed by atoms with E-state index in [0.29, 0.717) is 4.88 Å². The lowest BCUT2D eigenvalue weighted by atomic mass is 10.1. The van der Waals surface area contributed by atoms with Crippen LogP contribution < -0.4 is 4.74 Å². The molecule has 1 heterocycles. The number of ether oxygens (including phenoxy) is 1. The molecule has 0 spiro atoms. The summed E-state index contributed by atoms with van der Waals surface area (Å²) < 4.78 is 6.09. The zero-order valence-corrected chi connectivity index (χ0v) is 9.93. The summed E-state index contributed by atoms with van der Waals surface area (Å²) in [5, 5.41) is 10.1. The van der Waals surface area contributed by atoms with E-state index in [4.69, 9.17) is 9.84 Å². The Morgan fingerprint density at radius 2 is 2.25 bits per heavy atom. The number of carbonyl (C=O) groups is 1. The minimum absolute atomic E-state index is 0.436. The zero-order valence-electron chi connectivity index (χ0n) is 9.11. The molecule has 4 heteroatoms. The zero-order chi connectivity index (χ0) is 11.7. The minimum atomic E-state index is -0.850. The van der Waals surface area contributed by atoms with Gasteiger partial charge in [-0.05, 0) is 35.6 Å². The highest BCUT2D eigenvalue weighted by Crippen LogP contribution is 2.34. The Morgan fingerprint density at radius 1 is 1.50 bits per heavy atom. The van der Waals surface area contributed by atoms with Gasteiger partial charge in [-0.25, -0.2) is 4.79 Å². The van der Waals surface area contributed by atoms with Crippen LogP contribution in [0.1, 0.15) is 22.2 Å². The van der Waals surface area contributed by atoms with Gasteiger partial charge in [-0.1, -0.05) is 6.92 Å².